The summed E-state index contributed by atoms with van der Waals surface area (Å²) in [5.74, 6) is -0.230. The van der Waals surface area contributed by atoms with Crippen molar-refractivity contribution in [2.75, 3.05) is 13.1 Å². The second kappa shape index (κ2) is 6.81. The maximum absolute atomic E-state index is 14.1. The van der Waals surface area contributed by atoms with Crippen LogP contribution in [-0.4, -0.2) is 25.2 Å². The number of rotatable bonds is 3. The summed E-state index contributed by atoms with van der Waals surface area (Å²) < 4.78 is 20.0. The second-order valence-corrected chi connectivity index (χ2v) is 6.75. The molecule has 3 aliphatic rings. The van der Waals surface area contributed by atoms with Crippen LogP contribution in [0.25, 0.3) is 6.08 Å². The van der Waals surface area contributed by atoms with Crippen molar-refractivity contribution in [3.63, 3.8) is 0 Å². The number of hydrogen-bond donors (Lipinski definition) is 1. The van der Waals surface area contributed by atoms with Crippen molar-refractivity contribution in [2.45, 2.75) is 18.9 Å². The zero-order valence-corrected chi connectivity index (χ0v) is 14.0. The van der Waals surface area contributed by atoms with Gasteiger partial charge in [-0.25, -0.2) is 9.18 Å². The number of hydrogen-bond acceptors (Lipinski definition) is 2. The molecule has 0 radical (unpaired) electrons. The predicted molar refractivity (Wildman–Crippen MR) is 93.4 cm³/mol. The summed E-state index contributed by atoms with van der Waals surface area (Å²) in [4.78, 5) is 13.8. The Kier molecular flexibility index (Phi) is 4.36. The van der Waals surface area contributed by atoms with Gasteiger partial charge in [0.15, 0.2) is 6.10 Å². The highest BCUT2D eigenvalue weighted by molar-refractivity contribution is 5.89. The molecule has 2 bridgehead atoms. The molecular formula is C21H21FNO2+. The Balaban J connectivity index is 1.64. The fraction of sp³-hybridized carbons (Fsp3) is 0.286. The highest BCUT2D eigenvalue weighted by Gasteiger charge is 2.44. The predicted octanol–water partition coefficient (Wildman–Crippen LogP) is 2.70. The van der Waals surface area contributed by atoms with Crippen LogP contribution in [0.15, 0.2) is 60.3 Å². The van der Waals surface area contributed by atoms with Crippen LogP contribution in [0, 0.1) is 11.7 Å². The van der Waals surface area contributed by atoms with Gasteiger partial charge in [0.2, 0.25) is 0 Å². The number of benzene rings is 2. The minimum atomic E-state index is -0.307. The third-order valence-electron chi connectivity index (χ3n) is 5.24. The van der Waals surface area contributed by atoms with Crippen LogP contribution in [-0.2, 0) is 4.74 Å². The number of esters is 1. The number of carbonyl (C=O) groups is 1. The van der Waals surface area contributed by atoms with E-state index in [1.54, 1.807) is 24.3 Å². The van der Waals surface area contributed by atoms with Gasteiger partial charge in [-0.3, -0.25) is 0 Å². The first-order chi connectivity index (χ1) is 12.2. The molecule has 1 N–H and O–H groups in total. The summed E-state index contributed by atoms with van der Waals surface area (Å²) in [5.41, 5.74) is 2.11. The Bertz CT molecular complexity index is 795. The molecule has 0 aromatic heterocycles. The van der Waals surface area contributed by atoms with Gasteiger partial charge >= 0.3 is 5.97 Å². The maximum atomic E-state index is 14.1. The number of nitrogens with one attached hydrogen (secondary N) is 1. The SMILES string of the molecule is O=C(O[C@@H]1C(=Cc2ccccc2F)[NH+]2CCC1CC2)c1ccccc1. The van der Waals surface area contributed by atoms with Crippen molar-refractivity contribution < 1.29 is 18.8 Å². The quantitative estimate of drug-likeness (QED) is 0.873. The third-order valence-corrected chi connectivity index (χ3v) is 5.24. The van der Waals surface area contributed by atoms with E-state index < -0.39 is 0 Å². The lowest BCUT2D eigenvalue weighted by Gasteiger charge is -2.42. The lowest BCUT2D eigenvalue weighted by atomic mass is 9.82. The largest absolute Gasteiger partial charge is 0.448 e. The van der Waals surface area contributed by atoms with Gasteiger partial charge in [-0.1, -0.05) is 36.4 Å². The topological polar surface area (TPSA) is 30.7 Å². The first-order valence-corrected chi connectivity index (χ1v) is 8.79. The number of carbonyl (C=O) groups excluding carboxylic acids is 1. The Labute approximate surface area is 146 Å². The fourth-order valence-electron chi connectivity index (χ4n) is 3.90. The zero-order valence-electron chi connectivity index (χ0n) is 14.0. The molecule has 3 aliphatic heterocycles. The fourth-order valence-corrected chi connectivity index (χ4v) is 3.90. The van der Waals surface area contributed by atoms with Gasteiger partial charge in [0, 0.05) is 30.4 Å². The van der Waals surface area contributed by atoms with Crippen LogP contribution in [0.4, 0.5) is 4.39 Å². The van der Waals surface area contributed by atoms with Gasteiger partial charge in [-0.2, -0.15) is 0 Å². The van der Waals surface area contributed by atoms with Gasteiger partial charge in [-0.05, 0) is 18.2 Å². The minimum absolute atomic E-state index is 0.245. The number of quaternary nitrogens is 1. The van der Waals surface area contributed by atoms with Gasteiger partial charge in [0.05, 0.1) is 18.7 Å². The van der Waals surface area contributed by atoms with Crippen LogP contribution in [0.3, 0.4) is 0 Å². The normalized spacial score (nSPS) is 26.6. The van der Waals surface area contributed by atoms with Crippen molar-refractivity contribution in [3.05, 3.63) is 77.2 Å². The van der Waals surface area contributed by atoms with Crippen LogP contribution in [0.5, 0.6) is 0 Å². The molecule has 0 aliphatic carbocycles. The van der Waals surface area contributed by atoms with Crippen LogP contribution in [0.1, 0.15) is 28.8 Å². The minimum Gasteiger partial charge on any atom is -0.448 e. The summed E-state index contributed by atoms with van der Waals surface area (Å²) >= 11 is 0. The van der Waals surface area contributed by atoms with E-state index in [2.05, 4.69) is 0 Å². The van der Waals surface area contributed by atoms with Crippen molar-refractivity contribution in [2.24, 2.45) is 5.92 Å². The Hall–Kier alpha value is -2.46. The van der Waals surface area contributed by atoms with Crippen LogP contribution < -0.4 is 4.90 Å². The molecule has 5 rings (SSSR count). The average Bonchev–Trinajstić information content (AvgIpc) is 2.66. The summed E-state index contributed by atoms with van der Waals surface area (Å²) in [7, 11) is 0. The number of fused-ring (bicyclic) bond motifs is 3. The highest BCUT2D eigenvalue weighted by Crippen LogP contribution is 2.29. The summed E-state index contributed by atoms with van der Waals surface area (Å²) in [6.45, 7) is 2.04. The molecule has 2 aromatic rings. The molecular weight excluding hydrogens is 317 g/mol. The second-order valence-electron chi connectivity index (χ2n) is 6.75. The Morgan fingerprint density at radius 2 is 1.72 bits per heavy atom. The number of ether oxygens (including phenoxy) is 1. The van der Waals surface area contributed by atoms with E-state index in [-0.39, 0.29) is 17.9 Å². The molecule has 1 atom stereocenters. The smallest absolute Gasteiger partial charge is 0.338 e. The van der Waals surface area contributed by atoms with E-state index in [9.17, 15) is 9.18 Å². The average molecular weight is 338 g/mol. The summed E-state index contributed by atoms with van der Waals surface area (Å²) in [5, 5.41) is 0. The number of piperidine rings is 3. The van der Waals surface area contributed by atoms with E-state index >= 15 is 0 Å². The van der Waals surface area contributed by atoms with E-state index in [1.807, 2.05) is 30.3 Å². The monoisotopic (exact) mass is 338 g/mol. The van der Waals surface area contributed by atoms with E-state index in [0.29, 0.717) is 17.0 Å². The molecule has 3 fully saturated rings. The van der Waals surface area contributed by atoms with Gasteiger partial charge in [0.25, 0.3) is 0 Å². The lowest BCUT2D eigenvalue weighted by molar-refractivity contribution is -0.880. The summed E-state index contributed by atoms with van der Waals surface area (Å²) in [6, 6.07) is 15.8. The van der Waals surface area contributed by atoms with Crippen molar-refractivity contribution in [1.82, 2.24) is 0 Å². The highest BCUT2D eigenvalue weighted by atomic mass is 19.1. The third kappa shape index (κ3) is 3.22. The molecule has 0 spiro atoms. The van der Waals surface area contributed by atoms with Crippen LogP contribution in [0.2, 0.25) is 0 Å². The van der Waals surface area contributed by atoms with Gasteiger partial charge in [0.1, 0.15) is 11.5 Å². The van der Waals surface area contributed by atoms with Crippen molar-refractivity contribution >= 4 is 12.0 Å². The standard InChI is InChI=1S/C21H20FNO2/c22-18-9-5-4-8-17(18)14-19-20(15-10-12-23(19)13-11-15)25-21(24)16-6-2-1-3-7-16/h1-9,14-15,20H,10-13H2/p+1/t20-/m0/s1. The number of halogens is 1. The molecule has 3 nitrogen and oxygen atoms in total. The van der Waals surface area contributed by atoms with Gasteiger partial charge in [-0.15, -0.1) is 0 Å². The lowest BCUT2D eigenvalue weighted by Crippen LogP contribution is -3.14. The molecule has 0 saturated carbocycles. The summed E-state index contributed by atoms with van der Waals surface area (Å²) in [6.07, 6.45) is 3.68. The van der Waals surface area contributed by atoms with E-state index in [0.717, 1.165) is 31.6 Å². The molecule has 4 heteroatoms. The molecule has 3 saturated heterocycles. The molecule has 0 amide bonds. The molecule has 3 heterocycles. The van der Waals surface area contributed by atoms with E-state index in [1.165, 1.54) is 11.0 Å². The first-order valence-electron chi connectivity index (χ1n) is 8.79. The van der Waals surface area contributed by atoms with E-state index in [4.69, 9.17) is 4.74 Å². The first kappa shape index (κ1) is 16.0. The Morgan fingerprint density at radius 3 is 2.44 bits per heavy atom. The van der Waals surface area contributed by atoms with Crippen molar-refractivity contribution in [1.29, 1.82) is 0 Å². The molecule has 128 valence electrons. The maximum Gasteiger partial charge on any atom is 0.338 e. The molecule has 2 aromatic carbocycles. The zero-order chi connectivity index (χ0) is 17.2. The van der Waals surface area contributed by atoms with Gasteiger partial charge < -0.3 is 9.64 Å². The van der Waals surface area contributed by atoms with Crippen LogP contribution >= 0.6 is 0 Å². The Morgan fingerprint density at radius 1 is 1.04 bits per heavy atom. The molecule has 0 unspecified atom stereocenters. The van der Waals surface area contributed by atoms with Crippen molar-refractivity contribution in [3.8, 4) is 0 Å². The molecule has 25 heavy (non-hydrogen) atoms.